The van der Waals surface area contributed by atoms with Crippen LogP contribution in [-0.4, -0.2) is 12.0 Å². The first-order valence-corrected chi connectivity index (χ1v) is 6.45. The zero-order chi connectivity index (χ0) is 12.8. The maximum Gasteiger partial charge on any atom is 0.323 e. The highest BCUT2D eigenvalue weighted by atomic mass is 79.9. The van der Waals surface area contributed by atoms with E-state index in [9.17, 15) is 4.79 Å². The number of hydrogen-bond acceptors (Lipinski definition) is 3. The van der Waals surface area contributed by atoms with Crippen LogP contribution in [0.1, 0.15) is 25.8 Å². The number of carbonyl (C=O) groups is 1. The van der Waals surface area contributed by atoms with E-state index in [4.69, 9.17) is 10.5 Å². The van der Waals surface area contributed by atoms with Crippen LogP contribution in [0.4, 0.5) is 0 Å². The number of halogens is 1. The summed E-state index contributed by atoms with van der Waals surface area (Å²) in [6.07, 6.45) is 0.648. The molecule has 0 aromatic heterocycles. The van der Waals surface area contributed by atoms with Crippen LogP contribution in [0.15, 0.2) is 28.7 Å². The van der Waals surface area contributed by atoms with Crippen LogP contribution in [0.3, 0.4) is 0 Å². The van der Waals surface area contributed by atoms with Crippen molar-refractivity contribution < 1.29 is 9.53 Å². The molecule has 1 rings (SSSR count). The molecular weight excluding hydrogens is 282 g/mol. The van der Waals surface area contributed by atoms with Crippen molar-refractivity contribution in [3.05, 3.63) is 34.3 Å². The molecule has 94 valence electrons. The molecule has 1 atom stereocenters. The summed E-state index contributed by atoms with van der Waals surface area (Å²) in [5.41, 5.74) is 6.68. The molecule has 0 bridgehead atoms. The number of benzene rings is 1. The summed E-state index contributed by atoms with van der Waals surface area (Å²) < 4.78 is 6.11. The van der Waals surface area contributed by atoms with Crippen molar-refractivity contribution in [1.29, 1.82) is 0 Å². The van der Waals surface area contributed by atoms with E-state index in [-0.39, 0.29) is 12.6 Å². The molecule has 17 heavy (non-hydrogen) atoms. The van der Waals surface area contributed by atoms with E-state index in [1.807, 2.05) is 38.1 Å². The fraction of sp³-hybridized carbons (Fsp3) is 0.462. The van der Waals surface area contributed by atoms with E-state index >= 15 is 0 Å². The molecule has 0 spiro atoms. The molecule has 0 heterocycles. The summed E-state index contributed by atoms with van der Waals surface area (Å²) in [7, 11) is 0. The Kier molecular flexibility index (Phi) is 5.65. The van der Waals surface area contributed by atoms with Gasteiger partial charge in [-0.05, 0) is 18.4 Å². The first-order valence-electron chi connectivity index (χ1n) is 5.66. The molecule has 4 heteroatoms. The van der Waals surface area contributed by atoms with E-state index in [1.54, 1.807) is 0 Å². The van der Waals surface area contributed by atoms with Crippen LogP contribution in [0.25, 0.3) is 0 Å². The predicted molar refractivity (Wildman–Crippen MR) is 71.4 cm³/mol. The summed E-state index contributed by atoms with van der Waals surface area (Å²) in [5, 5.41) is 0. The van der Waals surface area contributed by atoms with Gasteiger partial charge in [0.1, 0.15) is 12.6 Å². The highest BCUT2D eigenvalue weighted by Crippen LogP contribution is 2.17. The molecule has 1 aromatic rings. The van der Waals surface area contributed by atoms with Gasteiger partial charge in [-0.2, -0.15) is 0 Å². The first-order chi connectivity index (χ1) is 8.00. The third-order valence-electron chi connectivity index (χ3n) is 2.36. The van der Waals surface area contributed by atoms with Crippen molar-refractivity contribution in [3.63, 3.8) is 0 Å². The van der Waals surface area contributed by atoms with Gasteiger partial charge < -0.3 is 10.5 Å². The third kappa shape index (κ3) is 4.88. The van der Waals surface area contributed by atoms with Crippen molar-refractivity contribution in [2.45, 2.75) is 32.9 Å². The smallest absolute Gasteiger partial charge is 0.323 e. The molecule has 0 radical (unpaired) electrons. The first kappa shape index (κ1) is 14.2. The molecule has 0 fully saturated rings. The molecule has 0 aliphatic carbocycles. The summed E-state index contributed by atoms with van der Waals surface area (Å²) in [4.78, 5) is 11.6. The van der Waals surface area contributed by atoms with Crippen molar-refractivity contribution >= 4 is 21.9 Å². The van der Waals surface area contributed by atoms with Crippen LogP contribution in [0.5, 0.6) is 0 Å². The van der Waals surface area contributed by atoms with Crippen LogP contribution in [0, 0.1) is 5.92 Å². The number of rotatable bonds is 5. The number of ether oxygens (including phenoxy) is 1. The molecule has 1 aromatic carbocycles. The van der Waals surface area contributed by atoms with Gasteiger partial charge in [-0.1, -0.05) is 48.0 Å². The van der Waals surface area contributed by atoms with E-state index in [0.717, 1.165) is 10.0 Å². The molecular formula is C13H18BrNO2. The SMILES string of the molecule is CC(C)C[C@H](N)C(=O)OCc1ccccc1Br. The van der Waals surface area contributed by atoms with E-state index in [0.29, 0.717) is 12.3 Å². The summed E-state index contributed by atoms with van der Waals surface area (Å²) >= 11 is 3.40. The Morgan fingerprint density at radius 2 is 2.06 bits per heavy atom. The Morgan fingerprint density at radius 3 is 2.65 bits per heavy atom. The Morgan fingerprint density at radius 1 is 1.41 bits per heavy atom. The molecule has 3 nitrogen and oxygen atoms in total. The zero-order valence-corrected chi connectivity index (χ0v) is 11.7. The number of nitrogens with two attached hydrogens (primary N) is 1. The fourth-order valence-corrected chi connectivity index (χ4v) is 1.87. The number of carbonyl (C=O) groups excluding carboxylic acids is 1. The zero-order valence-electron chi connectivity index (χ0n) is 10.2. The molecule has 2 N–H and O–H groups in total. The second-order valence-electron chi connectivity index (χ2n) is 4.44. The van der Waals surface area contributed by atoms with E-state index < -0.39 is 6.04 Å². The molecule has 0 aliphatic heterocycles. The molecule has 0 saturated carbocycles. The summed E-state index contributed by atoms with van der Waals surface area (Å²) in [6, 6.07) is 7.11. The van der Waals surface area contributed by atoms with Crippen molar-refractivity contribution in [1.82, 2.24) is 0 Å². The average molecular weight is 300 g/mol. The monoisotopic (exact) mass is 299 g/mol. The van der Waals surface area contributed by atoms with Gasteiger partial charge in [-0.25, -0.2) is 0 Å². The van der Waals surface area contributed by atoms with Gasteiger partial charge in [0, 0.05) is 10.0 Å². The molecule has 0 amide bonds. The molecule has 0 unspecified atom stereocenters. The third-order valence-corrected chi connectivity index (χ3v) is 3.13. The van der Waals surface area contributed by atoms with Crippen LogP contribution in [0.2, 0.25) is 0 Å². The van der Waals surface area contributed by atoms with E-state index in [1.165, 1.54) is 0 Å². The Bertz CT molecular complexity index is 379. The minimum atomic E-state index is -0.530. The highest BCUT2D eigenvalue weighted by Gasteiger charge is 2.16. The lowest BCUT2D eigenvalue weighted by molar-refractivity contribution is -0.146. The number of hydrogen-bond donors (Lipinski definition) is 1. The summed E-state index contributed by atoms with van der Waals surface area (Å²) in [6.45, 7) is 4.31. The van der Waals surface area contributed by atoms with Crippen molar-refractivity contribution in [2.75, 3.05) is 0 Å². The van der Waals surface area contributed by atoms with Crippen molar-refractivity contribution in [2.24, 2.45) is 11.7 Å². The lowest BCUT2D eigenvalue weighted by Gasteiger charge is -2.13. The largest absolute Gasteiger partial charge is 0.460 e. The van der Waals surface area contributed by atoms with Crippen molar-refractivity contribution in [3.8, 4) is 0 Å². The van der Waals surface area contributed by atoms with Gasteiger partial charge in [0.05, 0.1) is 0 Å². The summed E-state index contributed by atoms with van der Waals surface area (Å²) in [5.74, 6) is 0.0514. The second-order valence-corrected chi connectivity index (χ2v) is 5.29. The maximum atomic E-state index is 11.6. The highest BCUT2D eigenvalue weighted by molar-refractivity contribution is 9.10. The van der Waals surface area contributed by atoms with Gasteiger partial charge in [-0.15, -0.1) is 0 Å². The Labute approximate surface area is 110 Å². The quantitative estimate of drug-likeness (QED) is 0.851. The van der Waals surface area contributed by atoms with Gasteiger partial charge in [0.15, 0.2) is 0 Å². The van der Waals surface area contributed by atoms with Gasteiger partial charge >= 0.3 is 5.97 Å². The van der Waals surface area contributed by atoms with Gasteiger partial charge in [0.25, 0.3) is 0 Å². The van der Waals surface area contributed by atoms with Crippen LogP contribution >= 0.6 is 15.9 Å². The van der Waals surface area contributed by atoms with Gasteiger partial charge in [-0.3, -0.25) is 4.79 Å². The average Bonchev–Trinajstić information content (AvgIpc) is 2.26. The molecule has 0 saturated heterocycles. The van der Waals surface area contributed by atoms with E-state index in [2.05, 4.69) is 15.9 Å². The normalized spacial score (nSPS) is 12.5. The Balaban J connectivity index is 2.46. The fourth-order valence-electron chi connectivity index (χ4n) is 1.48. The Hall–Kier alpha value is -0.870. The second kappa shape index (κ2) is 6.77. The lowest BCUT2D eigenvalue weighted by Crippen LogP contribution is -2.33. The number of esters is 1. The maximum absolute atomic E-state index is 11.6. The minimum absolute atomic E-state index is 0.256. The molecule has 0 aliphatic rings. The minimum Gasteiger partial charge on any atom is -0.460 e. The van der Waals surface area contributed by atoms with Crippen LogP contribution < -0.4 is 5.73 Å². The van der Waals surface area contributed by atoms with Gasteiger partial charge in [0.2, 0.25) is 0 Å². The lowest BCUT2D eigenvalue weighted by atomic mass is 10.1. The van der Waals surface area contributed by atoms with Crippen LogP contribution in [-0.2, 0) is 16.1 Å². The topological polar surface area (TPSA) is 52.3 Å². The predicted octanol–water partition coefficient (Wildman–Crippen LogP) is 2.87. The standard InChI is InChI=1S/C13H18BrNO2/c1-9(2)7-12(15)13(16)17-8-10-5-3-4-6-11(10)14/h3-6,9,12H,7-8,15H2,1-2H3/t12-/m0/s1.